The van der Waals surface area contributed by atoms with Gasteiger partial charge in [-0.2, -0.15) is 0 Å². The van der Waals surface area contributed by atoms with Gasteiger partial charge in [0.25, 0.3) is 0 Å². The van der Waals surface area contributed by atoms with Crippen molar-refractivity contribution in [3.05, 3.63) is 77.1 Å². The predicted molar refractivity (Wildman–Crippen MR) is 129 cm³/mol. The Morgan fingerprint density at radius 3 is 2.56 bits per heavy atom. The van der Waals surface area contributed by atoms with Gasteiger partial charge in [-0.15, -0.1) is 16.8 Å². The Hall–Kier alpha value is -3.10. The summed E-state index contributed by atoms with van der Waals surface area (Å²) in [4.78, 5) is 24.8. The van der Waals surface area contributed by atoms with Gasteiger partial charge in [0.15, 0.2) is 5.16 Å². The predicted octanol–water partition coefficient (Wildman–Crippen LogP) is 4.65. The number of hydrogen-bond acceptors (Lipinski definition) is 5. The Labute approximate surface area is 196 Å². The molecule has 166 valence electrons. The highest BCUT2D eigenvalue weighted by molar-refractivity contribution is 7.99. The van der Waals surface area contributed by atoms with Crippen LogP contribution < -0.4 is 10.6 Å². The van der Waals surface area contributed by atoms with E-state index in [2.05, 4.69) is 27.4 Å². The number of aromatic nitrogens is 3. The van der Waals surface area contributed by atoms with Gasteiger partial charge in [-0.3, -0.25) is 9.59 Å². The third kappa shape index (κ3) is 6.45. The number of allylic oxidation sites excluding steroid dienone is 1. The Kier molecular flexibility index (Phi) is 8.08. The van der Waals surface area contributed by atoms with Crippen molar-refractivity contribution >= 4 is 46.6 Å². The Morgan fingerprint density at radius 2 is 1.84 bits per heavy atom. The second-order valence-electron chi connectivity index (χ2n) is 7.19. The zero-order chi connectivity index (χ0) is 23.1. The molecule has 32 heavy (non-hydrogen) atoms. The summed E-state index contributed by atoms with van der Waals surface area (Å²) in [7, 11) is 0. The van der Waals surface area contributed by atoms with Gasteiger partial charge in [-0.25, -0.2) is 0 Å². The monoisotopic (exact) mass is 469 g/mol. The maximum absolute atomic E-state index is 12.5. The fraction of sp³-hybridized carbons (Fsp3) is 0.217. The highest BCUT2D eigenvalue weighted by atomic mass is 35.5. The molecule has 9 heteroatoms. The zero-order valence-electron chi connectivity index (χ0n) is 17.9. The number of nitrogens with zero attached hydrogens (tertiary/aromatic N) is 3. The van der Waals surface area contributed by atoms with E-state index in [1.54, 1.807) is 22.8 Å². The van der Waals surface area contributed by atoms with E-state index in [-0.39, 0.29) is 24.0 Å². The molecule has 1 heterocycles. The van der Waals surface area contributed by atoms with Crippen LogP contribution >= 0.6 is 23.4 Å². The number of nitrogens with one attached hydrogen (secondary N) is 2. The highest BCUT2D eigenvalue weighted by Gasteiger charge is 2.16. The first-order chi connectivity index (χ1) is 15.4. The van der Waals surface area contributed by atoms with Crippen LogP contribution in [0.2, 0.25) is 5.02 Å². The summed E-state index contributed by atoms with van der Waals surface area (Å²) < 4.78 is 1.78. The fourth-order valence-corrected chi connectivity index (χ4v) is 3.89. The molecule has 1 aromatic heterocycles. The first kappa shape index (κ1) is 23.6. The number of thioether (sulfide) groups is 1. The molecule has 2 amide bonds. The third-order valence-corrected chi connectivity index (χ3v) is 5.89. The van der Waals surface area contributed by atoms with E-state index in [0.717, 1.165) is 16.8 Å². The molecule has 2 aromatic carbocycles. The molecular formula is C23H24ClN5O2S. The molecular weight excluding hydrogens is 446 g/mol. The maximum atomic E-state index is 12.5. The SMILES string of the molecule is C=CCn1c(CC(=O)Nc2ccc(C)c(Cl)c2)nnc1SCC(=O)Nc1cccc(C)c1. The van der Waals surface area contributed by atoms with Gasteiger partial charge >= 0.3 is 0 Å². The van der Waals surface area contributed by atoms with E-state index in [1.807, 2.05) is 44.2 Å². The topological polar surface area (TPSA) is 88.9 Å². The quantitative estimate of drug-likeness (QED) is 0.352. The van der Waals surface area contributed by atoms with Gasteiger partial charge in [0.05, 0.1) is 12.2 Å². The molecule has 3 rings (SSSR count). The molecule has 0 aliphatic rings. The van der Waals surface area contributed by atoms with Gasteiger partial charge in [0, 0.05) is 22.9 Å². The van der Waals surface area contributed by atoms with Crippen molar-refractivity contribution in [2.75, 3.05) is 16.4 Å². The maximum Gasteiger partial charge on any atom is 0.234 e. The Balaban J connectivity index is 1.62. The van der Waals surface area contributed by atoms with Crippen molar-refractivity contribution < 1.29 is 9.59 Å². The van der Waals surface area contributed by atoms with E-state index in [1.165, 1.54) is 11.8 Å². The van der Waals surface area contributed by atoms with Crippen molar-refractivity contribution in [2.24, 2.45) is 0 Å². The largest absolute Gasteiger partial charge is 0.326 e. The van der Waals surface area contributed by atoms with Crippen LogP contribution in [0.1, 0.15) is 17.0 Å². The van der Waals surface area contributed by atoms with Crippen LogP contribution in [0, 0.1) is 13.8 Å². The lowest BCUT2D eigenvalue weighted by atomic mass is 10.2. The number of amides is 2. The number of hydrogen-bond donors (Lipinski definition) is 2. The number of anilines is 2. The van der Waals surface area contributed by atoms with Crippen LogP contribution in [0.25, 0.3) is 0 Å². The van der Waals surface area contributed by atoms with E-state index in [9.17, 15) is 9.59 Å². The molecule has 0 fully saturated rings. The summed E-state index contributed by atoms with van der Waals surface area (Å²) in [5.74, 6) is 0.264. The summed E-state index contributed by atoms with van der Waals surface area (Å²) in [6, 6.07) is 12.9. The van der Waals surface area contributed by atoms with E-state index < -0.39 is 0 Å². The van der Waals surface area contributed by atoms with Crippen LogP contribution in [-0.2, 0) is 22.6 Å². The van der Waals surface area contributed by atoms with Crippen LogP contribution in [0.4, 0.5) is 11.4 Å². The molecule has 0 spiro atoms. The van der Waals surface area contributed by atoms with Crippen molar-refractivity contribution in [1.82, 2.24) is 14.8 Å². The molecule has 0 unspecified atom stereocenters. The molecule has 0 aliphatic heterocycles. The number of benzene rings is 2. The molecule has 0 saturated carbocycles. The van der Waals surface area contributed by atoms with Gasteiger partial charge in [0.1, 0.15) is 5.82 Å². The molecule has 0 radical (unpaired) electrons. The zero-order valence-corrected chi connectivity index (χ0v) is 19.5. The number of aryl methyl sites for hydroxylation is 2. The van der Waals surface area contributed by atoms with E-state index in [4.69, 9.17) is 11.6 Å². The molecule has 3 aromatic rings. The number of carbonyl (C=O) groups is 2. The van der Waals surface area contributed by atoms with Gasteiger partial charge in [-0.05, 0) is 49.2 Å². The first-order valence-electron chi connectivity index (χ1n) is 9.94. The molecule has 2 N–H and O–H groups in total. The highest BCUT2D eigenvalue weighted by Crippen LogP contribution is 2.21. The summed E-state index contributed by atoms with van der Waals surface area (Å²) in [6.07, 6.45) is 1.73. The minimum Gasteiger partial charge on any atom is -0.326 e. The van der Waals surface area contributed by atoms with Crippen LogP contribution in [0.5, 0.6) is 0 Å². The third-order valence-electron chi connectivity index (χ3n) is 4.51. The lowest BCUT2D eigenvalue weighted by Gasteiger charge is -2.09. The van der Waals surface area contributed by atoms with Crippen molar-refractivity contribution in [3.8, 4) is 0 Å². The number of carbonyl (C=O) groups excluding carboxylic acids is 2. The second kappa shape index (κ2) is 11.0. The Morgan fingerprint density at radius 1 is 1.09 bits per heavy atom. The molecule has 0 atom stereocenters. The van der Waals surface area contributed by atoms with Crippen LogP contribution in [-0.4, -0.2) is 32.3 Å². The lowest BCUT2D eigenvalue weighted by molar-refractivity contribution is -0.116. The minimum atomic E-state index is -0.239. The Bertz CT molecular complexity index is 1150. The summed E-state index contributed by atoms with van der Waals surface area (Å²) in [5.41, 5.74) is 3.36. The van der Waals surface area contributed by atoms with Crippen LogP contribution in [0.15, 0.2) is 60.3 Å². The summed E-state index contributed by atoms with van der Waals surface area (Å²) in [6.45, 7) is 8.05. The van der Waals surface area contributed by atoms with Crippen LogP contribution in [0.3, 0.4) is 0 Å². The summed E-state index contributed by atoms with van der Waals surface area (Å²) in [5, 5.41) is 15.1. The van der Waals surface area contributed by atoms with E-state index >= 15 is 0 Å². The molecule has 0 bridgehead atoms. The fourth-order valence-electron chi connectivity index (χ4n) is 2.94. The average Bonchev–Trinajstić information content (AvgIpc) is 3.11. The smallest absolute Gasteiger partial charge is 0.234 e. The molecule has 0 aliphatic carbocycles. The molecule has 7 nitrogen and oxygen atoms in total. The molecule has 0 saturated heterocycles. The number of rotatable bonds is 9. The van der Waals surface area contributed by atoms with E-state index in [0.29, 0.717) is 28.2 Å². The normalized spacial score (nSPS) is 10.6. The van der Waals surface area contributed by atoms with Gasteiger partial charge in [-0.1, -0.05) is 47.6 Å². The number of halogens is 1. The first-order valence-corrected chi connectivity index (χ1v) is 11.3. The van der Waals surface area contributed by atoms with Gasteiger partial charge in [0.2, 0.25) is 11.8 Å². The van der Waals surface area contributed by atoms with Gasteiger partial charge < -0.3 is 15.2 Å². The van der Waals surface area contributed by atoms with Crippen molar-refractivity contribution in [3.63, 3.8) is 0 Å². The minimum absolute atomic E-state index is 0.0301. The second-order valence-corrected chi connectivity index (χ2v) is 8.54. The lowest BCUT2D eigenvalue weighted by Crippen LogP contribution is -2.18. The van der Waals surface area contributed by atoms with Crippen molar-refractivity contribution in [2.45, 2.75) is 32.0 Å². The standard InChI is InChI=1S/C23H24ClN5O2S/c1-4-10-29-20(13-21(30)25-18-9-8-16(3)19(24)12-18)27-28-23(29)32-14-22(31)26-17-7-5-6-15(2)11-17/h4-9,11-12H,1,10,13-14H2,2-3H3,(H,25,30)(H,26,31). The average molecular weight is 470 g/mol. The van der Waals surface area contributed by atoms with Crippen molar-refractivity contribution in [1.29, 1.82) is 0 Å². The summed E-state index contributed by atoms with van der Waals surface area (Å²) >= 11 is 7.38.